The van der Waals surface area contributed by atoms with Crippen molar-refractivity contribution >= 4 is 29.1 Å². The zero-order valence-corrected chi connectivity index (χ0v) is 16.1. The minimum Gasteiger partial charge on any atom is -0.338 e. The molecule has 4 nitrogen and oxygen atoms in total. The number of hydrogen-bond donors (Lipinski definition) is 1. The number of carbonyl (C=O) groups is 2. The molecular weight excluding hydrogens is 367 g/mol. The molecule has 0 radical (unpaired) electrons. The molecule has 1 heterocycles. The van der Waals surface area contributed by atoms with Gasteiger partial charge in [-0.2, -0.15) is 0 Å². The quantitative estimate of drug-likeness (QED) is 0.836. The van der Waals surface area contributed by atoms with Gasteiger partial charge in [0.25, 0.3) is 5.91 Å². The van der Waals surface area contributed by atoms with E-state index in [0.717, 1.165) is 23.6 Å². The van der Waals surface area contributed by atoms with Crippen molar-refractivity contribution in [3.8, 4) is 0 Å². The average Bonchev–Trinajstić information content (AvgIpc) is 2.62. The van der Waals surface area contributed by atoms with E-state index in [2.05, 4.69) is 5.32 Å². The smallest absolute Gasteiger partial charge is 0.253 e. The Morgan fingerprint density at radius 2 is 1.85 bits per heavy atom. The SMILES string of the molecule is Cc1cc(C)cc(C(=O)N2CCCC(C(=O)Nc3ccc(Cl)cc3F)C2)c1. The third kappa shape index (κ3) is 4.66. The summed E-state index contributed by atoms with van der Waals surface area (Å²) in [5, 5.41) is 2.89. The lowest BCUT2D eigenvalue weighted by atomic mass is 9.96. The van der Waals surface area contributed by atoms with Crippen LogP contribution in [0.1, 0.15) is 34.3 Å². The molecule has 27 heavy (non-hydrogen) atoms. The molecule has 2 amide bonds. The summed E-state index contributed by atoms with van der Waals surface area (Å²) in [6.45, 7) is 4.85. The molecule has 1 fully saturated rings. The number of piperidine rings is 1. The van der Waals surface area contributed by atoms with Crippen LogP contribution in [0.2, 0.25) is 5.02 Å². The van der Waals surface area contributed by atoms with Crippen LogP contribution in [0.4, 0.5) is 10.1 Å². The summed E-state index contributed by atoms with van der Waals surface area (Å²) in [7, 11) is 0. The molecular formula is C21H22ClFN2O2. The van der Waals surface area contributed by atoms with Gasteiger partial charge < -0.3 is 10.2 Å². The first kappa shape index (κ1) is 19.4. The van der Waals surface area contributed by atoms with Gasteiger partial charge in [-0.1, -0.05) is 28.8 Å². The van der Waals surface area contributed by atoms with E-state index in [1.54, 1.807) is 4.90 Å². The number of halogens is 2. The number of rotatable bonds is 3. The van der Waals surface area contributed by atoms with E-state index < -0.39 is 5.82 Å². The number of nitrogens with one attached hydrogen (secondary N) is 1. The van der Waals surface area contributed by atoms with Crippen LogP contribution in [0.5, 0.6) is 0 Å². The number of carbonyl (C=O) groups excluding carboxylic acids is 2. The second kappa shape index (κ2) is 8.09. The topological polar surface area (TPSA) is 49.4 Å². The summed E-state index contributed by atoms with van der Waals surface area (Å²) in [5.74, 6) is -1.30. The molecule has 0 bridgehead atoms. The van der Waals surface area contributed by atoms with E-state index in [9.17, 15) is 14.0 Å². The van der Waals surface area contributed by atoms with Crippen LogP contribution < -0.4 is 5.32 Å². The molecule has 1 saturated heterocycles. The largest absolute Gasteiger partial charge is 0.338 e. The molecule has 2 aromatic carbocycles. The van der Waals surface area contributed by atoms with Gasteiger partial charge in [0.1, 0.15) is 5.82 Å². The molecule has 1 unspecified atom stereocenters. The van der Waals surface area contributed by atoms with E-state index in [1.165, 1.54) is 12.1 Å². The van der Waals surface area contributed by atoms with Gasteiger partial charge in [-0.25, -0.2) is 4.39 Å². The number of likely N-dealkylation sites (tertiary alicyclic amines) is 1. The van der Waals surface area contributed by atoms with E-state index in [-0.39, 0.29) is 28.4 Å². The molecule has 0 aliphatic carbocycles. The normalized spacial score (nSPS) is 16.9. The van der Waals surface area contributed by atoms with Crippen LogP contribution >= 0.6 is 11.6 Å². The Morgan fingerprint density at radius 3 is 2.52 bits per heavy atom. The number of aryl methyl sites for hydroxylation is 2. The number of hydrogen-bond acceptors (Lipinski definition) is 2. The molecule has 6 heteroatoms. The molecule has 1 N–H and O–H groups in total. The highest BCUT2D eigenvalue weighted by Crippen LogP contribution is 2.23. The summed E-state index contributed by atoms with van der Waals surface area (Å²) >= 11 is 5.74. The van der Waals surface area contributed by atoms with Crippen molar-refractivity contribution in [1.82, 2.24) is 4.90 Å². The van der Waals surface area contributed by atoms with Crippen molar-refractivity contribution in [3.63, 3.8) is 0 Å². The summed E-state index contributed by atoms with van der Waals surface area (Å²) in [6, 6.07) is 9.87. The fraction of sp³-hybridized carbons (Fsp3) is 0.333. The van der Waals surface area contributed by atoms with Crippen LogP contribution in [-0.4, -0.2) is 29.8 Å². The zero-order chi connectivity index (χ0) is 19.6. The lowest BCUT2D eigenvalue weighted by Crippen LogP contribution is -2.43. The van der Waals surface area contributed by atoms with Crippen LogP contribution in [0.25, 0.3) is 0 Å². The maximum atomic E-state index is 13.9. The molecule has 2 aromatic rings. The van der Waals surface area contributed by atoms with Crippen molar-refractivity contribution in [2.24, 2.45) is 5.92 Å². The lowest BCUT2D eigenvalue weighted by Gasteiger charge is -2.32. The highest BCUT2D eigenvalue weighted by molar-refractivity contribution is 6.30. The predicted molar refractivity (Wildman–Crippen MR) is 105 cm³/mol. The lowest BCUT2D eigenvalue weighted by molar-refractivity contribution is -0.121. The Hall–Kier alpha value is -2.40. The van der Waals surface area contributed by atoms with Crippen molar-refractivity contribution in [3.05, 3.63) is 63.9 Å². The predicted octanol–water partition coefficient (Wildman–Crippen LogP) is 4.59. The average molecular weight is 389 g/mol. The van der Waals surface area contributed by atoms with Gasteiger partial charge in [0, 0.05) is 23.7 Å². The van der Waals surface area contributed by atoms with Gasteiger partial charge in [0.05, 0.1) is 11.6 Å². The van der Waals surface area contributed by atoms with Gasteiger partial charge in [-0.05, 0) is 57.0 Å². The number of anilines is 1. The standard InChI is InChI=1S/C21H22ClFN2O2/c1-13-8-14(2)10-16(9-13)21(27)25-7-3-4-15(12-25)20(26)24-19-6-5-17(22)11-18(19)23/h5-6,8-11,15H,3-4,7,12H2,1-2H3,(H,24,26). The zero-order valence-electron chi connectivity index (χ0n) is 15.4. The number of nitrogens with zero attached hydrogens (tertiary/aromatic N) is 1. The van der Waals surface area contributed by atoms with E-state index in [4.69, 9.17) is 11.6 Å². The number of benzene rings is 2. The Labute approximate surface area is 163 Å². The Morgan fingerprint density at radius 1 is 1.15 bits per heavy atom. The summed E-state index contributed by atoms with van der Waals surface area (Å²) < 4.78 is 13.9. The molecule has 1 atom stereocenters. The van der Waals surface area contributed by atoms with Crippen molar-refractivity contribution in [2.75, 3.05) is 18.4 Å². The first-order chi connectivity index (χ1) is 12.8. The van der Waals surface area contributed by atoms with Gasteiger partial charge in [-0.15, -0.1) is 0 Å². The molecule has 1 aliphatic heterocycles. The maximum Gasteiger partial charge on any atom is 0.253 e. The maximum absolute atomic E-state index is 13.9. The fourth-order valence-electron chi connectivity index (χ4n) is 3.48. The molecule has 0 saturated carbocycles. The summed E-state index contributed by atoms with van der Waals surface area (Å²) in [5.41, 5.74) is 2.80. The van der Waals surface area contributed by atoms with Crippen molar-refractivity contribution in [1.29, 1.82) is 0 Å². The molecule has 3 rings (SSSR count). The van der Waals surface area contributed by atoms with Crippen molar-refractivity contribution < 1.29 is 14.0 Å². The van der Waals surface area contributed by atoms with Gasteiger partial charge >= 0.3 is 0 Å². The van der Waals surface area contributed by atoms with Crippen LogP contribution in [0.15, 0.2) is 36.4 Å². The van der Waals surface area contributed by atoms with Gasteiger partial charge in [0.2, 0.25) is 5.91 Å². The third-order valence-corrected chi connectivity index (χ3v) is 4.97. The highest BCUT2D eigenvalue weighted by Gasteiger charge is 2.29. The Kier molecular flexibility index (Phi) is 5.80. The molecule has 1 aliphatic rings. The second-order valence-corrected chi connectivity index (χ2v) is 7.52. The van der Waals surface area contributed by atoms with Crippen LogP contribution in [0, 0.1) is 25.6 Å². The minimum atomic E-state index is -0.574. The van der Waals surface area contributed by atoms with E-state index >= 15 is 0 Å². The monoisotopic (exact) mass is 388 g/mol. The summed E-state index contributed by atoms with van der Waals surface area (Å²) in [4.78, 5) is 27.1. The fourth-order valence-corrected chi connectivity index (χ4v) is 3.64. The molecule has 142 valence electrons. The first-order valence-electron chi connectivity index (χ1n) is 8.97. The van der Waals surface area contributed by atoms with Gasteiger partial charge in [0.15, 0.2) is 0 Å². The van der Waals surface area contributed by atoms with Crippen LogP contribution in [-0.2, 0) is 4.79 Å². The van der Waals surface area contributed by atoms with E-state index in [0.29, 0.717) is 25.1 Å². The third-order valence-electron chi connectivity index (χ3n) is 4.74. The number of amides is 2. The molecule has 0 aromatic heterocycles. The van der Waals surface area contributed by atoms with Crippen LogP contribution in [0.3, 0.4) is 0 Å². The minimum absolute atomic E-state index is 0.0722. The van der Waals surface area contributed by atoms with Crippen molar-refractivity contribution in [2.45, 2.75) is 26.7 Å². The Balaban J connectivity index is 1.69. The first-order valence-corrected chi connectivity index (χ1v) is 9.35. The molecule has 0 spiro atoms. The Bertz CT molecular complexity index is 864. The van der Waals surface area contributed by atoms with Gasteiger partial charge in [-0.3, -0.25) is 9.59 Å². The van der Waals surface area contributed by atoms with E-state index in [1.807, 2.05) is 32.0 Å². The second-order valence-electron chi connectivity index (χ2n) is 7.08. The summed E-state index contributed by atoms with van der Waals surface area (Å²) in [6.07, 6.45) is 1.40. The highest BCUT2D eigenvalue weighted by atomic mass is 35.5.